The lowest BCUT2D eigenvalue weighted by Gasteiger charge is -2.32. The van der Waals surface area contributed by atoms with Crippen molar-refractivity contribution in [3.8, 4) is 0 Å². The molecule has 0 bridgehead atoms. The van der Waals surface area contributed by atoms with E-state index in [1.807, 2.05) is 4.90 Å². The van der Waals surface area contributed by atoms with Crippen LogP contribution >= 0.6 is 15.9 Å². The Morgan fingerprint density at radius 1 is 1.50 bits per heavy atom. The first-order valence-electron chi connectivity index (χ1n) is 6.22. The fourth-order valence-electron chi connectivity index (χ4n) is 2.42. The van der Waals surface area contributed by atoms with E-state index in [4.69, 9.17) is 0 Å². The number of hydrogen-bond donors (Lipinski definition) is 0. The second-order valence-electron chi connectivity index (χ2n) is 4.93. The topological polar surface area (TPSA) is 20.3 Å². The van der Waals surface area contributed by atoms with Gasteiger partial charge in [-0.25, -0.2) is 4.39 Å². The minimum Gasteiger partial charge on any atom is -0.338 e. The summed E-state index contributed by atoms with van der Waals surface area (Å²) in [5, 5.41) is 0.916. The van der Waals surface area contributed by atoms with Crippen molar-refractivity contribution in [3.63, 3.8) is 0 Å². The molecule has 1 aromatic carbocycles. The number of alkyl halides is 1. The number of rotatable bonds is 2. The molecule has 0 aliphatic carbocycles. The molecule has 1 saturated heterocycles. The summed E-state index contributed by atoms with van der Waals surface area (Å²) in [5.74, 6) is 0.119. The molecule has 0 radical (unpaired) electrons. The molecule has 1 aliphatic rings. The molecule has 2 rings (SSSR count). The first-order valence-corrected chi connectivity index (χ1v) is 7.34. The Morgan fingerprint density at radius 2 is 2.28 bits per heavy atom. The minimum absolute atomic E-state index is 0.0525. The van der Waals surface area contributed by atoms with Crippen molar-refractivity contribution in [1.82, 2.24) is 4.90 Å². The van der Waals surface area contributed by atoms with Crippen molar-refractivity contribution < 1.29 is 9.18 Å². The van der Waals surface area contributed by atoms with Crippen LogP contribution in [0.3, 0.4) is 0 Å². The van der Waals surface area contributed by atoms with Gasteiger partial charge >= 0.3 is 0 Å². The van der Waals surface area contributed by atoms with E-state index in [0.717, 1.165) is 36.8 Å². The van der Waals surface area contributed by atoms with Crippen LogP contribution in [-0.2, 0) is 0 Å². The Balaban J connectivity index is 2.15. The number of amides is 1. The van der Waals surface area contributed by atoms with Crippen LogP contribution < -0.4 is 0 Å². The lowest BCUT2D eigenvalue weighted by Crippen LogP contribution is -2.40. The van der Waals surface area contributed by atoms with Gasteiger partial charge in [0, 0.05) is 24.0 Å². The fraction of sp³-hybridized carbons (Fsp3) is 0.500. The number of halogens is 2. The lowest BCUT2D eigenvalue weighted by atomic mass is 9.99. The molecule has 1 fully saturated rings. The lowest BCUT2D eigenvalue weighted by molar-refractivity contribution is 0.0685. The number of piperidine rings is 1. The molecule has 98 valence electrons. The maximum Gasteiger partial charge on any atom is 0.253 e. The molecule has 1 aromatic rings. The van der Waals surface area contributed by atoms with E-state index in [1.54, 1.807) is 13.0 Å². The maximum absolute atomic E-state index is 13.3. The highest BCUT2D eigenvalue weighted by molar-refractivity contribution is 9.09. The SMILES string of the molecule is Cc1cc(F)cc(C(=O)N2CCCC(CBr)C2)c1. The van der Waals surface area contributed by atoms with Crippen LogP contribution in [0.1, 0.15) is 28.8 Å². The molecule has 0 saturated carbocycles. The highest BCUT2D eigenvalue weighted by Gasteiger charge is 2.24. The Labute approximate surface area is 115 Å². The number of carbonyl (C=O) groups excluding carboxylic acids is 1. The summed E-state index contributed by atoms with van der Waals surface area (Å²) < 4.78 is 13.3. The molecule has 1 unspecified atom stereocenters. The number of nitrogens with zero attached hydrogens (tertiary/aromatic N) is 1. The van der Waals surface area contributed by atoms with Crippen LogP contribution in [0, 0.1) is 18.7 Å². The Bertz CT molecular complexity index is 429. The number of aryl methyl sites for hydroxylation is 1. The molecule has 1 amide bonds. The maximum atomic E-state index is 13.3. The summed E-state index contributed by atoms with van der Waals surface area (Å²) in [5.41, 5.74) is 1.25. The molecule has 4 heteroatoms. The zero-order chi connectivity index (χ0) is 13.1. The van der Waals surface area contributed by atoms with Crippen LogP contribution in [0.25, 0.3) is 0 Å². The van der Waals surface area contributed by atoms with Gasteiger partial charge in [0.25, 0.3) is 5.91 Å². The minimum atomic E-state index is -0.340. The number of carbonyl (C=O) groups is 1. The van der Waals surface area contributed by atoms with Gasteiger partial charge in [0.2, 0.25) is 0 Å². The van der Waals surface area contributed by atoms with E-state index < -0.39 is 0 Å². The third kappa shape index (κ3) is 3.10. The second kappa shape index (κ2) is 5.83. The normalized spacial score (nSPS) is 19.9. The molecule has 0 spiro atoms. The van der Waals surface area contributed by atoms with Gasteiger partial charge < -0.3 is 4.90 Å². The molecule has 0 N–H and O–H groups in total. The van der Waals surface area contributed by atoms with Crippen molar-refractivity contribution in [2.45, 2.75) is 19.8 Å². The average Bonchev–Trinajstić information content (AvgIpc) is 2.37. The first-order chi connectivity index (χ1) is 8.60. The van der Waals surface area contributed by atoms with Gasteiger partial charge in [-0.15, -0.1) is 0 Å². The molecule has 0 aromatic heterocycles. The summed E-state index contributed by atoms with van der Waals surface area (Å²) in [4.78, 5) is 14.1. The van der Waals surface area contributed by atoms with E-state index in [1.165, 1.54) is 12.1 Å². The zero-order valence-corrected chi connectivity index (χ0v) is 12.0. The molecule has 18 heavy (non-hydrogen) atoms. The standard InChI is InChI=1S/C14H17BrFNO/c1-10-5-12(7-13(16)6-10)14(18)17-4-2-3-11(8-15)9-17/h5-7,11H,2-4,8-9H2,1H3. The van der Waals surface area contributed by atoms with Gasteiger partial charge in [-0.05, 0) is 49.4 Å². The summed E-state index contributed by atoms with van der Waals surface area (Å²) in [7, 11) is 0. The summed E-state index contributed by atoms with van der Waals surface area (Å²) in [6.45, 7) is 3.34. The van der Waals surface area contributed by atoms with E-state index in [-0.39, 0.29) is 11.7 Å². The second-order valence-corrected chi connectivity index (χ2v) is 5.58. The largest absolute Gasteiger partial charge is 0.338 e. The molecular weight excluding hydrogens is 297 g/mol. The van der Waals surface area contributed by atoms with Crippen LogP contribution in [0.5, 0.6) is 0 Å². The van der Waals surface area contributed by atoms with E-state index in [9.17, 15) is 9.18 Å². The third-order valence-corrected chi connectivity index (χ3v) is 4.23. The van der Waals surface area contributed by atoms with Crippen LogP contribution in [0.4, 0.5) is 4.39 Å². The smallest absolute Gasteiger partial charge is 0.253 e. The third-order valence-electron chi connectivity index (χ3n) is 3.31. The Morgan fingerprint density at radius 3 is 2.94 bits per heavy atom. The predicted molar refractivity (Wildman–Crippen MR) is 73.6 cm³/mol. The van der Waals surface area contributed by atoms with Gasteiger partial charge in [-0.2, -0.15) is 0 Å². The highest BCUT2D eigenvalue weighted by atomic mass is 79.9. The summed E-state index contributed by atoms with van der Waals surface area (Å²) in [6.07, 6.45) is 2.17. The monoisotopic (exact) mass is 313 g/mol. The number of hydrogen-bond acceptors (Lipinski definition) is 1. The summed E-state index contributed by atoms with van der Waals surface area (Å²) >= 11 is 3.47. The quantitative estimate of drug-likeness (QED) is 0.766. The van der Waals surface area contributed by atoms with E-state index in [2.05, 4.69) is 15.9 Å². The average molecular weight is 314 g/mol. The van der Waals surface area contributed by atoms with Gasteiger partial charge in [-0.1, -0.05) is 15.9 Å². The van der Waals surface area contributed by atoms with Crippen molar-refractivity contribution in [3.05, 3.63) is 35.1 Å². The fourth-order valence-corrected chi connectivity index (χ4v) is 2.95. The molecule has 1 atom stereocenters. The highest BCUT2D eigenvalue weighted by Crippen LogP contribution is 2.20. The Hall–Kier alpha value is -0.900. The van der Waals surface area contributed by atoms with Crippen molar-refractivity contribution >= 4 is 21.8 Å². The van der Waals surface area contributed by atoms with Gasteiger partial charge in [0.05, 0.1) is 0 Å². The van der Waals surface area contributed by atoms with Crippen molar-refractivity contribution in [2.75, 3.05) is 18.4 Å². The van der Waals surface area contributed by atoms with Gasteiger partial charge in [-0.3, -0.25) is 4.79 Å². The van der Waals surface area contributed by atoms with Crippen molar-refractivity contribution in [2.24, 2.45) is 5.92 Å². The van der Waals surface area contributed by atoms with Crippen molar-refractivity contribution in [1.29, 1.82) is 0 Å². The first kappa shape index (κ1) is 13.5. The zero-order valence-electron chi connectivity index (χ0n) is 10.5. The van der Waals surface area contributed by atoms with Crippen LogP contribution in [0.15, 0.2) is 18.2 Å². The molecule has 1 aliphatic heterocycles. The van der Waals surface area contributed by atoms with Crippen LogP contribution in [0.2, 0.25) is 0 Å². The number of benzene rings is 1. The predicted octanol–water partition coefficient (Wildman–Crippen LogP) is 3.38. The van der Waals surface area contributed by atoms with E-state index in [0.29, 0.717) is 11.5 Å². The van der Waals surface area contributed by atoms with Gasteiger partial charge in [0.1, 0.15) is 5.82 Å². The molecule has 2 nitrogen and oxygen atoms in total. The molecular formula is C14H17BrFNO. The van der Waals surface area contributed by atoms with E-state index >= 15 is 0 Å². The summed E-state index contributed by atoms with van der Waals surface area (Å²) in [6, 6.07) is 4.52. The van der Waals surface area contributed by atoms with Gasteiger partial charge in [0.15, 0.2) is 0 Å². The Kier molecular flexibility index (Phi) is 4.38. The molecule has 1 heterocycles. The van der Waals surface area contributed by atoms with Crippen LogP contribution in [-0.4, -0.2) is 29.2 Å². The number of likely N-dealkylation sites (tertiary alicyclic amines) is 1.